The summed E-state index contributed by atoms with van der Waals surface area (Å²) in [5.74, 6) is 0.0824. The lowest BCUT2D eigenvalue weighted by Gasteiger charge is -2.27. The summed E-state index contributed by atoms with van der Waals surface area (Å²) in [6.45, 7) is 6.69. The van der Waals surface area contributed by atoms with Crippen LogP contribution in [0.4, 0.5) is 10.5 Å². The second kappa shape index (κ2) is 5.26. The first-order valence-electron chi connectivity index (χ1n) is 7.58. The lowest BCUT2D eigenvalue weighted by molar-refractivity contribution is -0.117. The van der Waals surface area contributed by atoms with Crippen LogP contribution in [0.2, 0.25) is 0 Å². The molecule has 0 spiro atoms. The number of likely N-dealkylation sites (tertiary alicyclic amines) is 1. The summed E-state index contributed by atoms with van der Waals surface area (Å²) in [6, 6.07) is 1.89. The largest absolute Gasteiger partial charge is 0.444 e. The van der Waals surface area contributed by atoms with Gasteiger partial charge in [0.05, 0.1) is 18.2 Å². The van der Waals surface area contributed by atoms with E-state index in [1.807, 2.05) is 31.7 Å². The van der Waals surface area contributed by atoms with Crippen LogP contribution in [0.25, 0.3) is 0 Å². The van der Waals surface area contributed by atoms with Crippen molar-refractivity contribution in [2.75, 3.05) is 18.0 Å². The lowest BCUT2D eigenvalue weighted by Crippen LogP contribution is -2.42. The highest BCUT2D eigenvalue weighted by atomic mass is 16.6. The zero-order chi connectivity index (χ0) is 15.9. The van der Waals surface area contributed by atoms with E-state index >= 15 is 0 Å². The number of amides is 2. The summed E-state index contributed by atoms with van der Waals surface area (Å²) >= 11 is 0. The Balaban J connectivity index is 1.71. The number of carbonyl (C=O) groups excluding carboxylic acids is 2. The molecule has 1 fully saturated rings. The first-order valence-corrected chi connectivity index (χ1v) is 7.58. The molecule has 1 aromatic heterocycles. The molecule has 3 heterocycles. The van der Waals surface area contributed by atoms with E-state index in [9.17, 15) is 9.59 Å². The van der Waals surface area contributed by atoms with Crippen LogP contribution >= 0.6 is 0 Å². The quantitative estimate of drug-likeness (QED) is 0.796. The minimum absolute atomic E-state index is 0.0173. The van der Waals surface area contributed by atoms with E-state index in [2.05, 4.69) is 4.98 Å². The zero-order valence-corrected chi connectivity index (χ0v) is 13.2. The summed E-state index contributed by atoms with van der Waals surface area (Å²) < 4.78 is 5.40. The molecule has 1 saturated heterocycles. The summed E-state index contributed by atoms with van der Waals surface area (Å²) in [5.41, 5.74) is 1.39. The number of hydrogen-bond donors (Lipinski definition) is 0. The number of hydrogen-bond acceptors (Lipinski definition) is 4. The smallest absolute Gasteiger partial charge is 0.410 e. The fraction of sp³-hybridized carbons (Fsp3) is 0.562. The van der Waals surface area contributed by atoms with Gasteiger partial charge >= 0.3 is 6.09 Å². The highest BCUT2D eigenvalue weighted by Crippen LogP contribution is 2.32. The maximum absolute atomic E-state index is 12.3. The summed E-state index contributed by atoms with van der Waals surface area (Å²) in [5, 5.41) is 0. The number of fused-ring (bicyclic) bond motifs is 1. The molecule has 1 atom stereocenters. The number of ether oxygens (including phenoxy) is 1. The average molecular weight is 303 g/mol. The van der Waals surface area contributed by atoms with E-state index < -0.39 is 5.60 Å². The minimum Gasteiger partial charge on any atom is -0.444 e. The first kappa shape index (κ1) is 14.8. The molecule has 0 radical (unpaired) electrons. The molecule has 1 aromatic rings. The van der Waals surface area contributed by atoms with Gasteiger partial charge in [-0.2, -0.15) is 0 Å². The van der Waals surface area contributed by atoms with Crippen molar-refractivity contribution in [3.63, 3.8) is 0 Å². The molecule has 0 bridgehead atoms. The van der Waals surface area contributed by atoms with Crippen molar-refractivity contribution in [1.29, 1.82) is 0 Å². The molecule has 6 heteroatoms. The highest BCUT2D eigenvalue weighted by Gasteiger charge is 2.38. The third kappa shape index (κ3) is 2.77. The van der Waals surface area contributed by atoms with Crippen molar-refractivity contribution in [3.05, 3.63) is 24.0 Å². The molecule has 2 amide bonds. The molecule has 0 unspecified atom stereocenters. The topological polar surface area (TPSA) is 62.7 Å². The Morgan fingerprint density at radius 2 is 2.18 bits per heavy atom. The van der Waals surface area contributed by atoms with Gasteiger partial charge in [-0.1, -0.05) is 0 Å². The molecular weight excluding hydrogens is 282 g/mol. The van der Waals surface area contributed by atoms with Crippen LogP contribution < -0.4 is 4.90 Å². The molecule has 3 rings (SSSR count). The zero-order valence-electron chi connectivity index (χ0n) is 13.2. The lowest BCUT2D eigenvalue weighted by atomic mass is 10.2. The number of carbonyl (C=O) groups is 2. The van der Waals surface area contributed by atoms with E-state index in [-0.39, 0.29) is 18.0 Å². The summed E-state index contributed by atoms with van der Waals surface area (Å²) in [4.78, 5) is 32.0. The molecule has 2 aliphatic rings. The van der Waals surface area contributed by atoms with Crippen LogP contribution in [0, 0.1) is 0 Å². The van der Waals surface area contributed by atoms with E-state index in [0.717, 1.165) is 17.7 Å². The van der Waals surface area contributed by atoms with Gasteiger partial charge in [0, 0.05) is 31.0 Å². The molecule has 2 aliphatic heterocycles. The molecule has 0 N–H and O–H groups in total. The van der Waals surface area contributed by atoms with Gasteiger partial charge in [0.1, 0.15) is 5.60 Å². The first-order chi connectivity index (χ1) is 10.3. The highest BCUT2D eigenvalue weighted by molar-refractivity contribution is 6.01. The van der Waals surface area contributed by atoms with Gasteiger partial charge in [-0.05, 0) is 33.3 Å². The van der Waals surface area contributed by atoms with Gasteiger partial charge in [-0.25, -0.2) is 4.79 Å². The van der Waals surface area contributed by atoms with Crippen molar-refractivity contribution in [2.24, 2.45) is 0 Å². The predicted octanol–water partition coefficient (Wildman–Crippen LogP) is 1.98. The van der Waals surface area contributed by atoms with Gasteiger partial charge in [0.15, 0.2) is 0 Å². The number of pyridine rings is 1. The Morgan fingerprint density at radius 1 is 1.41 bits per heavy atom. The molecule has 22 heavy (non-hydrogen) atoms. The number of aromatic nitrogens is 1. The molecule has 0 saturated carbocycles. The van der Waals surface area contributed by atoms with Gasteiger partial charge in [0.25, 0.3) is 0 Å². The standard InChI is InChI=1S/C16H21N3O3/c1-16(2,3)22-15(21)18-7-5-12(10-18)19-13-4-6-17-9-11(13)8-14(19)20/h4,6,9,12H,5,7-8,10H2,1-3H3/t12-/m1/s1. The summed E-state index contributed by atoms with van der Waals surface area (Å²) in [7, 11) is 0. The Kier molecular flexibility index (Phi) is 3.54. The van der Waals surface area contributed by atoms with Crippen molar-refractivity contribution >= 4 is 17.7 Å². The molecule has 6 nitrogen and oxygen atoms in total. The normalized spacial score (nSPS) is 21.2. The minimum atomic E-state index is -0.503. The second-order valence-corrected chi connectivity index (χ2v) is 6.81. The number of rotatable bonds is 1. The molecule has 0 aliphatic carbocycles. The fourth-order valence-corrected chi connectivity index (χ4v) is 3.02. The van der Waals surface area contributed by atoms with Gasteiger partial charge in [0.2, 0.25) is 5.91 Å². The Hall–Kier alpha value is -2.11. The number of anilines is 1. The monoisotopic (exact) mass is 303 g/mol. The van der Waals surface area contributed by atoms with Crippen molar-refractivity contribution in [1.82, 2.24) is 9.88 Å². The Labute approximate surface area is 130 Å². The van der Waals surface area contributed by atoms with E-state index in [4.69, 9.17) is 4.74 Å². The van der Waals surface area contributed by atoms with Crippen molar-refractivity contribution in [3.8, 4) is 0 Å². The third-order valence-electron chi connectivity index (χ3n) is 3.93. The molecule has 118 valence electrons. The molecular formula is C16H21N3O3. The van der Waals surface area contributed by atoms with Crippen molar-refractivity contribution < 1.29 is 14.3 Å². The molecule has 0 aromatic carbocycles. The van der Waals surface area contributed by atoms with Crippen LogP contribution in [0.5, 0.6) is 0 Å². The number of nitrogens with zero attached hydrogens (tertiary/aromatic N) is 3. The van der Waals surface area contributed by atoms with Crippen LogP contribution in [-0.2, 0) is 16.0 Å². The van der Waals surface area contributed by atoms with Gasteiger partial charge in [-0.15, -0.1) is 0 Å². The average Bonchev–Trinajstić information content (AvgIpc) is 2.99. The van der Waals surface area contributed by atoms with Crippen molar-refractivity contribution in [2.45, 2.75) is 45.3 Å². The fourth-order valence-electron chi connectivity index (χ4n) is 3.02. The van der Waals surface area contributed by atoms with Crippen LogP contribution in [0.15, 0.2) is 18.5 Å². The summed E-state index contributed by atoms with van der Waals surface area (Å²) in [6.07, 6.45) is 4.30. The predicted molar refractivity (Wildman–Crippen MR) is 81.6 cm³/mol. The third-order valence-corrected chi connectivity index (χ3v) is 3.93. The maximum Gasteiger partial charge on any atom is 0.410 e. The van der Waals surface area contributed by atoms with E-state index in [1.165, 1.54) is 0 Å². The SMILES string of the molecule is CC(C)(C)OC(=O)N1CC[C@@H](N2C(=O)Cc3cnccc32)C1. The second-order valence-electron chi connectivity index (χ2n) is 6.81. The van der Waals surface area contributed by atoms with Crippen LogP contribution in [0.3, 0.4) is 0 Å². The maximum atomic E-state index is 12.3. The van der Waals surface area contributed by atoms with Crippen LogP contribution in [-0.4, -0.2) is 46.6 Å². The Morgan fingerprint density at radius 3 is 2.91 bits per heavy atom. The Bertz CT molecular complexity index is 609. The van der Waals surface area contributed by atoms with Gasteiger partial charge < -0.3 is 14.5 Å². The van der Waals surface area contributed by atoms with E-state index in [0.29, 0.717) is 19.5 Å². The van der Waals surface area contributed by atoms with E-state index in [1.54, 1.807) is 17.3 Å². The van der Waals surface area contributed by atoms with Crippen LogP contribution in [0.1, 0.15) is 32.8 Å². The van der Waals surface area contributed by atoms with Gasteiger partial charge in [-0.3, -0.25) is 9.78 Å².